The quantitative estimate of drug-likeness (QED) is 0.858. The van der Waals surface area contributed by atoms with Crippen LogP contribution in [-0.4, -0.2) is 46.0 Å². The van der Waals surface area contributed by atoms with Crippen molar-refractivity contribution in [1.29, 1.82) is 0 Å². The molecule has 2 aliphatic carbocycles. The van der Waals surface area contributed by atoms with Crippen molar-refractivity contribution in [2.75, 3.05) is 18.1 Å². The second kappa shape index (κ2) is 5.35. The Balaban J connectivity index is 1.61. The zero-order valence-electron chi connectivity index (χ0n) is 11.1. The van der Waals surface area contributed by atoms with E-state index in [1.54, 1.807) is 16.7 Å². The normalized spacial score (nSPS) is 37.6. The molecule has 1 amide bonds. The zero-order chi connectivity index (χ0) is 13.4. The van der Waals surface area contributed by atoms with Gasteiger partial charge in [0.2, 0.25) is 5.91 Å². The van der Waals surface area contributed by atoms with Crippen LogP contribution >= 0.6 is 11.8 Å². The van der Waals surface area contributed by atoms with Gasteiger partial charge in [-0.05, 0) is 37.0 Å². The molecule has 1 N–H and O–H groups in total. The van der Waals surface area contributed by atoms with Gasteiger partial charge in [-0.15, -0.1) is 0 Å². The van der Waals surface area contributed by atoms with E-state index in [4.69, 9.17) is 0 Å². The van der Waals surface area contributed by atoms with Crippen LogP contribution in [0.3, 0.4) is 0 Å². The minimum absolute atomic E-state index is 0.0743. The third-order valence-corrected chi connectivity index (χ3v) is 6.08. The Morgan fingerprint density at radius 3 is 2.74 bits per heavy atom. The summed E-state index contributed by atoms with van der Waals surface area (Å²) in [4.78, 5) is 25.2. The van der Waals surface area contributed by atoms with Crippen LogP contribution in [-0.2, 0) is 9.59 Å². The summed E-state index contributed by atoms with van der Waals surface area (Å²) in [6.45, 7) is 0.598. The molecular formula is C14H21NO3S. The maximum Gasteiger partial charge on any atom is 0.327 e. The number of fused-ring (bicyclic) bond motifs is 2. The Hall–Kier alpha value is -0.710. The molecule has 106 valence electrons. The van der Waals surface area contributed by atoms with Crippen LogP contribution in [0.4, 0.5) is 0 Å². The summed E-state index contributed by atoms with van der Waals surface area (Å²) >= 11 is 1.63. The number of carbonyl (C=O) groups excluding carboxylic acids is 1. The fraction of sp³-hybridized carbons (Fsp3) is 0.857. The van der Waals surface area contributed by atoms with Crippen molar-refractivity contribution in [3.63, 3.8) is 0 Å². The topological polar surface area (TPSA) is 57.6 Å². The first-order valence-electron chi connectivity index (χ1n) is 7.25. The number of rotatable bonds is 3. The maximum atomic E-state index is 12.4. The monoisotopic (exact) mass is 283 g/mol. The molecule has 3 fully saturated rings. The van der Waals surface area contributed by atoms with E-state index >= 15 is 0 Å². The van der Waals surface area contributed by atoms with Gasteiger partial charge in [0.15, 0.2) is 0 Å². The fourth-order valence-electron chi connectivity index (χ4n) is 4.07. The molecule has 0 spiro atoms. The van der Waals surface area contributed by atoms with E-state index in [0.29, 0.717) is 24.6 Å². The third kappa shape index (κ3) is 2.62. The van der Waals surface area contributed by atoms with Gasteiger partial charge in [0.05, 0.1) is 0 Å². The standard InChI is InChI=1S/C14H21NO3S/c16-13(7-11-6-9-1-2-10(11)5-9)15-3-4-19-8-12(15)14(17)18/h9-12H,1-8H2,(H,17,18). The van der Waals surface area contributed by atoms with Crippen molar-refractivity contribution in [2.24, 2.45) is 17.8 Å². The molecule has 0 aromatic carbocycles. The molecular weight excluding hydrogens is 262 g/mol. The summed E-state index contributed by atoms with van der Waals surface area (Å²) in [6, 6.07) is -0.607. The Labute approximate surface area is 117 Å². The van der Waals surface area contributed by atoms with Crippen LogP contribution in [0.2, 0.25) is 0 Å². The van der Waals surface area contributed by atoms with Crippen molar-refractivity contribution in [1.82, 2.24) is 4.90 Å². The van der Waals surface area contributed by atoms with Crippen molar-refractivity contribution < 1.29 is 14.7 Å². The highest BCUT2D eigenvalue weighted by atomic mass is 32.2. The van der Waals surface area contributed by atoms with E-state index in [1.807, 2.05) is 0 Å². The number of amides is 1. The number of carbonyl (C=O) groups is 2. The van der Waals surface area contributed by atoms with E-state index in [-0.39, 0.29) is 5.91 Å². The highest BCUT2D eigenvalue weighted by Crippen LogP contribution is 2.49. The predicted octanol–water partition coefficient (Wildman–Crippen LogP) is 1.84. The number of hydrogen-bond donors (Lipinski definition) is 1. The van der Waals surface area contributed by atoms with Gasteiger partial charge in [0.1, 0.15) is 6.04 Å². The summed E-state index contributed by atoms with van der Waals surface area (Å²) in [5.41, 5.74) is 0. The number of aliphatic carboxylic acids is 1. The first kappa shape index (κ1) is 13.3. The van der Waals surface area contributed by atoms with Crippen molar-refractivity contribution in [2.45, 2.75) is 38.1 Å². The Kier molecular flexibility index (Phi) is 3.74. The van der Waals surface area contributed by atoms with Gasteiger partial charge < -0.3 is 10.0 Å². The van der Waals surface area contributed by atoms with Gasteiger partial charge in [-0.3, -0.25) is 4.79 Å². The second-order valence-corrected chi connectivity index (χ2v) is 7.30. The molecule has 3 aliphatic rings. The van der Waals surface area contributed by atoms with Crippen molar-refractivity contribution in [3.05, 3.63) is 0 Å². The maximum absolute atomic E-state index is 12.4. The Morgan fingerprint density at radius 2 is 2.11 bits per heavy atom. The lowest BCUT2D eigenvalue weighted by Gasteiger charge is -2.34. The number of thioether (sulfide) groups is 1. The molecule has 3 rings (SSSR count). The highest BCUT2D eigenvalue weighted by Gasteiger charge is 2.42. The largest absolute Gasteiger partial charge is 0.480 e. The minimum Gasteiger partial charge on any atom is -0.480 e. The van der Waals surface area contributed by atoms with E-state index in [1.165, 1.54) is 25.7 Å². The Bertz CT molecular complexity index is 387. The van der Waals surface area contributed by atoms with Crippen molar-refractivity contribution >= 4 is 23.6 Å². The van der Waals surface area contributed by atoms with Crippen LogP contribution in [0.25, 0.3) is 0 Å². The molecule has 5 heteroatoms. The summed E-state index contributed by atoms with van der Waals surface area (Å²) in [6.07, 6.45) is 5.69. The molecule has 1 aliphatic heterocycles. The van der Waals surface area contributed by atoms with Gasteiger partial charge in [-0.25, -0.2) is 4.79 Å². The lowest BCUT2D eigenvalue weighted by Crippen LogP contribution is -2.50. The number of nitrogens with zero attached hydrogens (tertiary/aromatic N) is 1. The molecule has 4 atom stereocenters. The molecule has 0 aromatic rings. The van der Waals surface area contributed by atoms with E-state index in [0.717, 1.165) is 17.6 Å². The summed E-state index contributed by atoms with van der Waals surface area (Å²) in [7, 11) is 0. The molecule has 1 saturated heterocycles. The minimum atomic E-state index is -0.853. The zero-order valence-corrected chi connectivity index (χ0v) is 11.9. The molecule has 0 radical (unpaired) electrons. The third-order valence-electron chi connectivity index (χ3n) is 5.06. The second-order valence-electron chi connectivity index (χ2n) is 6.16. The van der Waals surface area contributed by atoms with Crippen LogP contribution in [0.15, 0.2) is 0 Å². The Morgan fingerprint density at radius 1 is 1.26 bits per heavy atom. The summed E-state index contributed by atoms with van der Waals surface area (Å²) in [5, 5.41) is 9.22. The average molecular weight is 283 g/mol. The van der Waals surface area contributed by atoms with Crippen LogP contribution in [0.1, 0.15) is 32.1 Å². The molecule has 2 bridgehead atoms. The molecule has 19 heavy (non-hydrogen) atoms. The molecule has 4 unspecified atom stereocenters. The number of hydrogen-bond acceptors (Lipinski definition) is 3. The van der Waals surface area contributed by atoms with Crippen LogP contribution in [0.5, 0.6) is 0 Å². The molecule has 2 saturated carbocycles. The van der Waals surface area contributed by atoms with Gasteiger partial charge in [-0.2, -0.15) is 11.8 Å². The first-order chi connectivity index (χ1) is 9.15. The lowest BCUT2D eigenvalue weighted by atomic mass is 9.86. The van der Waals surface area contributed by atoms with Crippen molar-refractivity contribution in [3.8, 4) is 0 Å². The van der Waals surface area contributed by atoms with E-state index < -0.39 is 12.0 Å². The summed E-state index contributed by atoms with van der Waals surface area (Å²) < 4.78 is 0. The number of carboxylic acid groups (broad SMARTS) is 1. The molecule has 4 nitrogen and oxygen atoms in total. The van der Waals surface area contributed by atoms with Crippen LogP contribution in [0, 0.1) is 17.8 Å². The smallest absolute Gasteiger partial charge is 0.327 e. The fourth-order valence-corrected chi connectivity index (χ4v) is 5.11. The molecule has 0 aromatic heterocycles. The predicted molar refractivity (Wildman–Crippen MR) is 74.0 cm³/mol. The number of carboxylic acids is 1. The summed E-state index contributed by atoms with van der Waals surface area (Å²) in [5.74, 6) is 2.73. The lowest BCUT2D eigenvalue weighted by molar-refractivity contribution is -0.149. The van der Waals surface area contributed by atoms with Gasteiger partial charge in [0.25, 0.3) is 0 Å². The van der Waals surface area contributed by atoms with Gasteiger partial charge in [0, 0.05) is 24.5 Å². The van der Waals surface area contributed by atoms with Crippen LogP contribution < -0.4 is 0 Å². The average Bonchev–Trinajstić information content (AvgIpc) is 3.01. The first-order valence-corrected chi connectivity index (χ1v) is 8.40. The van der Waals surface area contributed by atoms with E-state index in [9.17, 15) is 14.7 Å². The molecule has 1 heterocycles. The van der Waals surface area contributed by atoms with Gasteiger partial charge >= 0.3 is 5.97 Å². The SMILES string of the molecule is O=C(O)C1CSCCN1C(=O)CC1CC2CCC1C2. The highest BCUT2D eigenvalue weighted by molar-refractivity contribution is 7.99. The van der Waals surface area contributed by atoms with Gasteiger partial charge in [-0.1, -0.05) is 6.42 Å². The van der Waals surface area contributed by atoms with E-state index in [2.05, 4.69) is 0 Å².